The summed E-state index contributed by atoms with van der Waals surface area (Å²) in [6.07, 6.45) is 14.6. The molecule has 2 saturated carbocycles. The van der Waals surface area contributed by atoms with Crippen molar-refractivity contribution in [2.24, 2.45) is 17.8 Å². The van der Waals surface area contributed by atoms with E-state index in [4.69, 9.17) is 5.26 Å². The molecule has 2 aromatic carbocycles. The molecule has 0 amide bonds. The van der Waals surface area contributed by atoms with Gasteiger partial charge in [-0.1, -0.05) is 42.5 Å². The third kappa shape index (κ3) is 4.81. The number of nitrogens with zero attached hydrogens (tertiary/aromatic N) is 1. The van der Waals surface area contributed by atoms with E-state index in [0.29, 0.717) is 0 Å². The van der Waals surface area contributed by atoms with Crippen molar-refractivity contribution in [3.05, 3.63) is 72.3 Å². The highest BCUT2D eigenvalue weighted by Gasteiger charge is 2.30. The summed E-state index contributed by atoms with van der Waals surface area (Å²) in [6, 6.07) is 19.2. The highest BCUT2D eigenvalue weighted by molar-refractivity contribution is 5.64. The number of hydrogen-bond donors (Lipinski definition) is 0. The molecule has 0 aromatic heterocycles. The van der Waals surface area contributed by atoms with E-state index in [1.807, 2.05) is 24.3 Å². The van der Waals surface area contributed by atoms with E-state index in [2.05, 4.69) is 43.0 Å². The molecule has 0 radical (unpaired) electrons. The van der Waals surface area contributed by atoms with Gasteiger partial charge >= 0.3 is 0 Å². The second-order valence-corrected chi connectivity index (χ2v) is 9.23. The van der Waals surface area contributed by atoms with E-state index < -0.39 is 0 Å². The monoisotopic (exact) mass is 383 g/mol. The number of allylic oxidation sites excluding steroid dienone is 1. The van der Waals surface area contributed by atoms with Crippen LogP contribution in [0.1, 0.15) is 74.8 Å². The van der Waals surface area contributed by atoms with Crippen molar-refractivity contribution < 1.29 is 0 Å². The first-order valence-electron chi connectivity index (χ1n) is 11.5. The quantitative estimate of drug-likeness (QED) is 0.482. The van der Waals surface area contributed by atoms with Crippen LogP contribution in [-0.4, -0.2) is 0 Å². The standard InChI is InChI=1S/C28H33N/c1-2-3-21-4-8-23(9-5-21)25-12-16-27(17-13-25)28-18-14-26(15-19-28)24-10-6-22(20-29)7-11-24/h2,6-7,10-11,14-15,18-19,21,23,25,27H,1,3-5,8-9,12-13,16-17H2. The van der Waals surface area contributed by atoms with Crippen LogP contribution in [-0.2, 0) is 0 Å². The third-order valence-electron chi connectivity index (χ3n) is 7.56. The summed E-state index contributed by atoms with van der Waals surface area (Å²) in [5.74, 6) is 3.60. The van der Waals surface area contributed by atoms with Crippen molar-refractivity contribution in [1.82, 2.24) is 0 Å². The van der Waals surface area contributed by atoms with Crippen molar-refractivity contribution in [2.75, 3.05) is 0 Å². The number of rotatable bonds is 5. The largest absolute Gasteiger partial charge is 0.192 e. The first-order chi connectivity index (χ1) is 14.3. The van der Waals surface area contributed by atoms with Crippen LogP contribution in [0.15, 0.2) is 61.2 Å². The van der Waals surface area contributed by atoms with Crippen molar-refractivity contribution in [3.63, 3.8) is 0 Å². The van der Waals surface area contributed by atoms with Crippen molar-refractivity contribution in [2.45, 2.75) is 63.7 Å². The lowest BCUT2D eigenvalue weighted by Crippen LogP contribution is -2.25. The molecule has 29 heavy (non-hydrogen) atoms. The lowest BCUT2D eigenvalue weighted by Gasteiger charge is -2.38. The summed E-state index contributed by atoms with van der Waals surface area (Å²) >= 11 is 0. The van der Waals surface area contributed by atoms with Gasteiger partial charge in [0.05, 0.1) is 11.6 Å². The van der Waals surface area contributed by atoms with Crippen LogP contribution in [0.4, 0.5) is 0 Å². The topological polar surface area (TPSA) is 23.8 Å². The maximum atomic E-state index is 8.96. The summed E-state index contributed by atoms with van der Waals surface area (Å²) < 4.78 is 0. The van der Waals surface area contributed by atoms with Crippen LogP contribution in [0, 0.1) is 29.1 Å². The van der Waals surface area contributed by atoms with E-state index in [-0.39, 0.29) is 0 Å². The Balaban J connectivity index is 1.31. The van der Waals surface area contributed by atoms with Crippen LogP contribution >= 0.6 is 0 Å². The molecule has 2 aliphatic rings. The fourth-order valence-electron chi connectivity index (χ4n) is 5.74. The smallest absolute Gasteiger partial charge is 0.0991 e. The van der Waals surface area contributed by atoms with Crippen LogP contribution in [0.2, 0.25) is 0 Å². The van der Waals surface area contributed by atoms with Crippen LogP contribution in [0.3, 0.4) is 0 Å². The summed E-state index contributed by atoms with van der Waals surface area (Å²) in [6.45, 7) is 3.92. The van der Waals surface area contributed by atoms with E-state index in [1.165, 1.54) is 74.5 Å². The maximum absolute atomic E-state index is 8.96. The van der Waals surface area contributed by atoms with Gasteiger partial charge in [-0.3, -0.25) is 0 Å². The molecule has 2 aromatic rings. The van der Waals surface area contributed by atoms with Crippen molar-refractivity contribution in [1.29, 1.82) is 5.26 Å². The molecule has 0 spiro atoms. The zero-order valence-corrected chi connectivity index (χ0v) is 17.5. The van der Waals surface area contributed by atoms with Gasteiger partial charge in [0.15, 0.2) is 0 Å². The SMILES string of the molecule is C=CCC1CCC(C2CCC(c3ccc(-c4ccc(C#N)cc4)cc3)CC2)CC1. The van der Waals surface area contributed by atoms with Gasteiger partial charge in [-0.05, 0) is 110 Å². The minimum absolute atomic E-state index is 0.719. The van der Waals surface area contributed by atoms with Gasteiger partial charge in [0.1, 0.15) is 0 Å². The van der Waals surface area contributed by atoms with Crippen molar-refractivity contribution >= 4 is 0 Å². The predicted octanol–water partition coefficient (Wildman–Crippen LogP) is 7.88. The van der Waals surface area contributed by atoms with Gasteiger partial charge < -0.3 is 0 Å². The summed E-state index contributed by atoms with van der Waals surface area (Å²) in [4.78, 5) is 0. The molecule has 0 N–H and O–H groups in total. The summed E-state index contributed by atoms with van der Waals surface area (Å²) in [5, 5.41) is 8.96. The highest BCUT2D eigenvalue weighted by Crippen LogP contribution is 2.44. The fraction of sp³-hybridized carbons (Fsp3) is 0.464. The van der Waals surface area contributed by atoms with Crippen LogP contribution in [0.25, 0.3) is 11.1 Å². The van der Waals surface area contributed by atoms with Crippen LogP contribution in [0.5, 0.6) is 0 Å². The highest BCUT2D eigenvalue weighted by atomic mass is 14.4. The molecule has 0 unspecified atom stereocenters. The van der Waals surface area contributed by atoms with E-state index in [0.717, 1.165) is 29.2 Å². The van der Waals surface area contributed by atoms with Gasteiger partial charge in [0, 0.05) is 0 Å². The Labute approximate surface area is 176 Å². The first-order valence-corrected chi connectivity index (χ1v) is 11.5. The molecular weight excluding hydrogens is 350 g/mol. The number of nitriles is 1. The predicted molar refractivity (Wildman–Crippen MR) is 122 cm³/mol. The second kappa shape index (κ2) is 9.45. The van der Waals surface area contributed by atoms with Gasteiger partial charge in [-0.2, -0.15) is 5.26 Å². The molecule has 0 heterocycles. The minimum atomic E-state index is 0.719. The molecule has 1 nitrogen and oxygen atoms in total. The number of hydrogen-bond acceptors (Lipinski definition) is 1. The molecule has 150 valence electrons. The Kier molecular flexibility index (Phi) is 6.50. The molecule has 2 fully saturated rings. The van der Waals surface area contributed by atoms with Gasteiger partial charge in [-0.15, -0.1) is 6.58 Å². The average Bonchev–Trinajstić information content (AvgIpc) is 2.80. The Morgan fingerprint density at radius 1 is 0.759 bits per heavy atom. The average molecular weight is 384 g/mol. The molecule has 4 rings (SSSR count). The van der Waals surface area contributed by atoms with Gasteiger partial charge in [0.2, 0.25) is 0 Å². The molecule has 1 heteroatoms. The maximum Gasteiger partial charge on any atom is 0.0991 e. The Bertz CT molecular complexity index is 823. The molecule has 0 saturated heterocycles. The number of benzene rings is 2. The van der Waals surface area contributed by atoms with E-state index in [9.17, 15) is 0 Å². The molecular formula is C28H33N. The zero-order valence-electron chi connectivity index (χ0n) is 17.5. The lowest BCUT2D eigenvalue weighted by molar-refractivity contribution is 0.161. The molecule has 0 atom stereocenters. The summed E-state index contributed by atoms with van der Waals surface area (Å²) in [7, 11) is 0. The Morgan fingerprint density at radius 2 is 1.28 bits per heavy atom. The van der Waals surface area contributed by atoms with Gasteiger partial charge in [-0.25, -0.2) is 0 Å². The Morgan fingerprint density at radius 3 is 1.79 bits per heavy atom. The van der Waals surface area contributed by atoms with E-state index >= 15 is 0 Å². The van der Waals surface area contributed by atoms with Crippen molar-refractivity contribution in [3.8, 4) is 17.2 Å². The lowest BCUT2D eigenvalue weighted by atomic mass is 9.68. The van der Waals surface area contributed by atoms with Crippen LogP contribution < -0.4 is 0 Å². The molecule has 2 aliphatic carbocycles. The molecule has 0 bridgehead atoms. The molecule has 0 aliphatic heterocycles. The second-order valence-electron chi connectivity index (χ2n) is 9.23. The zero-order chi connectivity index (χ0) is 20.1. The Hall–Kier alpha value is -2.33. The van der Waals surface area contributed by atoms with E-state index in [1.54, 1.807) is 0 Å². The first kappa shape index (κ1) is 20.0. The summed E-state index contributed by atoms with van der Waals surface area (Å²) in [5.41, 5.74) is 4.65. The minimum Gasteiger partial charge on any atom is -0.192 e. The normalized spacial score (nSPS) is 27.1. The third-order valence-corrected chi connectivity index (χ3v) is 7.56. The van der Waals surface area contributed by atoms with Gasteiger partial charge in [0.25, 0.3) is 0 Å². The fourth-order valence-corrected chi connectivity index (χ4v) is 5.74.